The van der Waals surface area contributed by atoms with Crippen LogP contribution in [0.5, 0.6) is 5.75 Å². The Morgan fingerprint density at radius 2 is 1.79 bits per heavy atom. The number of hydrogen-bond donors (Lipinski definition) is 0. The van der Waals surface area contributed by atoms with E-state index in [0.717, 1.165) is 18.4 Å². The van der Waals surface area contributed by atoms with E-state index in [1.165, 1.54) is 24.2 Å². The lowest BCUT2D eigenvalue weighted by Crippen LogP contribution is -2.46. The molecule has 182 valence electrons. The van der Waals surface area contributed by atoms with Gasteiger partial charge in [0.1, 0.15) is 5.75 Å². The number of carbonyl (C=O) groups excluding carboxylic acids is 3. The standard InChI is InChI=1S/C25H35ClN2O5/c1-3-32-25(31)19-11-13-28(14-12-19)23(29)16-27(2)24(30)17-33-22-10-9-20(26)15-21(22)18-7-5-4-6-8-18/h9-10,15,18-19H,3-8,11-14,16-17H2,1-2H3. The van der Waals surface area contributed by atoms with E-state index < -0.39 is 0 Å². The molecule has 1 aromatic carbocycles. The molecule has 8 heteroatoms. The fraction of sp³-hybridized carbons (Fsp3) is 0.640. The van der Waals surface area contributed by atoms with Crippen LogP contribution in [0.2, 0.25) is 5.02 Å². The maximum Gasteiger partial charge on any atom is 0.309 e. The molecule has 3 rings (SSSR count). The maximum atomic E-state index is 12.6. The largest absolute Gasteiger partial charge is 0.483 e. The first-order chi connectivity index (χ1) is 15.9. The van der Waals surface area contributed by atoms with Gasteiger partial charge in [-0.05, 0) is 62.3 Å². The molecule has 33 heavy (non-hydrogen) atoms. The number of hydrogen-bond acceptors (Lipinski definition) is 5. The molecule has 7 nitrogen and oxygen atoms in total. The molecule has 0 bridgehead atoms. The highest BCUT2D eigenvalue weighted by atomic mass is 35.5. The number of amides is 2. The van der Waals surface area contributed by atoms with Gasteiger partial charge in [-0.1, -0.05) is 30.9 Å². The van der Waals surface area contributed by atoms with Gasteiger partial charge in [-0.25, -0.2) is 0 Å². The van der Waals surface area contributed by atoms with Gasteiger partial charge in [0.25, 0.3) is 5.91 Å². The van der Waals surface area contributed by atoms with E-state index in [4.69, 9.17) is 21.1 Å². The van der Waals surface area contributed by atoms with Crippen molar-refractivity contribution in [2.45, 2.75) is 57.8 Å². The summed E-state index contributed by atoms with van der Waals surface area (Å²) in [6.45, 7) is 3.01. The Labute approximate surface area is 201 Å². The predicted octanol–water partition coefficient (Wildman–Crippen LogP) is 4.03. The highest BCUT2D eigenvalue weighted by Gasteiger charge is 2.29. The lowest BCUT2D eigenvalue weighted by molar-refractivity contribution is -0.151. The van der Waals surface area contributed by atoms with Crippen molar-refractivity contribution in [2.24, 2.45) is 5.92 Å². The smallest absolute Gasteiger partial charge is 0.309 e. The third-order valence-electron chi connectivity index (χ3n) is 6.63. The van der Waals surface area contributed by atoms with Crippen LogP contribution in [0, 0.1) is 5.92 Å². The molecular weight excluding hydrogens is 444 g/mol. The molecule has 1 saturated heterocycles. The first kappa shape index (κ1) is 25.3. The van der Waals surface area contributed by atoms with Crippen molar-refractivity contribution in [2.75, 3.05) is 39.9 Å². The van der Waals surface area contributed by atoms with Gasteiger partial charge in [-0.15, -0.1) is 0 Å². The fourth-order valence-corrected chi connectivity index (χ4v) is 4.83. The van der Waals surface area contributed by atoms with Crippen LogP contribution in [0.25, 0.3) is 0 Å². The van der Waals surface area contributed by atoms with Gasteiger partial charge < -0.3 is 19.3 Å². The van der Waals surface area contributed by atoms with E-state index in [9.17, 15) is 14.4 Å². The number of carbonyl (C=O) groups is 3. The second-order valence-corrected chi connectivity index (χ2v) is 9.40. The number of nitrogens with zero attached hydrogens (tertiary/aromatic N) is 2. The minimum atomic E-state index is -0.255. The minimum absolute atomic E-state index is 0.0115. The summed E-state index contributed by atoms with van der Waals surface area (Å²) in [5.74, 6) is 0.375. The number of rotatable bonds is 8. The zero-order valence-corrected chi connectivity index (χ0v) is 20.4. The second kappa shape index (κ2) is 12.3. The van der Waals surface area contributed by atoms with Crippen LogP contribution >= 0.6 is 11.6 Å². The van der Waals surface area contributed by atoms with Crippen LogP contribution in [0.1, 0.15) is 63.4 Å². The highest BCUT2D eigenvalue weighted by molar-refractivity contribution is 6.30. The van der Waals surface area contributed by atoms with Gasteiger partial charge >= 0.3 is 5.97 Å². The van der Waals surface area contributed by atoms with Gasteiger partial charge in [0, 0.05) is 25.2 Å². The van der Waals surface area contributed by atoms with Crippen LogP contribution in [0.15, 0.2) is 18.2 Å². The molecule has 0 N–H and O–H groups in total. The molecule has 2 aliphatic rings. The van der Waals surface area contributed by atoms with E-state index in [1.54, 1.807) is 24.9 Å². The van der Waals surface area contributed by atoms with E-state index in [0.29, 0.717) is 49.2 Å². The molecule has 0 unspecified atom stereocenters. The molecule has 1 heterocycles. The Kier molecular flexibility index (Phi) is 9.41. The summed E-state index contributed by atoms with van der Waals surface area (Å²) in [5.41, 5.74) is 1.07. The molecule has 1 saturated carbocycles. The molecular formula is C25H35ClN2O5. The molecule has 1 aromatic rings. The van der Waals surface area contributed by atoms with Crippen LogP contribution < -0.4 is 4.74 Å². The van der Waals surface area contributed by atoms with Crippen molar-refractivity contribution >= 4 is 29.4 Å². The average Bonchev–Trinajstić information content (AvgIpc) is 2.83. The van der Waals surface area contributed by atoms with Crippen molar-refractivity contribution < 1.29 is 23.9 Å². The van der Waals surface area contributed by atoms with Crippen LogP contribution in [-0.2, 0) is 19.1 Å². The number of benzene rings is 1. The van der Waals surface area contributed by atoms with E-state index in [-0.39, 0.29) is 36.9 Å². The number of halogens is 1. The number of piperidine rings is 1. The van der Waals surface area contributed by atoms with Crippen molar-refractivity contribution in [3.63, 3.8) is 0 Å². The van der Waals surface area contributed by atoms with Crippen molar-refractivity contribution in [1.82, 2.24) is 9.80 Å². The summed E-state index contributed by atoms with van der Waals surface area (Å²) in [5, 5.41) is 0.670. The Balaban J connectivity index is 1.48. The summed E-state index contributed by atoms with van der Waals surface area (Å²) in [4.78, 5) is 40.3. The zero-order valence-electron chi connectivity index (χ0n) is 19.7. The lowest BCUT2D eigenvalue weighted by Gasteiger charge is -2.32. The Hall–Kier alpha value is -2.28. The van der Waals surface area contributed by atoms with Gasteiger partial charge in [0.15, 0.2) is 6.61 Å². The van der Waals surface area contributed by atoms with E-state index in [2.05, 4.69) is 0 Å². The summed E-state index contributed by atoms with van der Waals surface area (Å²) in [7, 11) is 1.61. The van der Waals surface area contributed by atoms with Gasteiger partial charge in [-0.3, -0.25) is 14.4 Å². The number of likely N-dealkylation sites (N-methyl/N-ethyl adjacent to an activating group) is 1. The fourth-order valence-electron chi connectivity index (χ4n) is 4.65. The Morgan fingerprint density at radius 3 is 2.45 bits per heavy atom. The second-order valence-electron chi connectivity index (χ2n) is 8.96. The van der Waals surface area contributed by atoms with Gasteiger partial charge in [0.05, 0.1) is 19.1 Å². The molecule has 2 fully saturated rings. The molecule has 0 spiro atoms. The quantitative estimate of drug-likeness (QED) is 0.527. The SMILES string of the molecule is CCOC(=O)C1CCN(C(=O)CN(C)C(=O)COc2ccc(Cl)cc2C2CCCCC2)CC1. The Morgan fingerprint density at radius 1 is 1.09 bits per heavy atom. The highest BCUT2D eigenvalue weighted by Crippen LogP contribution is 2.38. The maximum absolute atomic E-state index is 12.6. The summed E-state index contributed by atoms with van der Waals surface area (Å²) < 4.78 is 11.0. The van der Waals surface area contributed by atoms with Crippen LogP contribution in [0.4, 0.5) is 0 Å². The molecule has 1 aliphatic heterocycles. The van der Waals surface area contributed by atoms with Gasteiger partial charge in [-0.2, -0.15) is 0 Å². The monoisotopic (exact) mass is 478 g/mol. The number of ether oxygens (including phenoxy) is 2. The third-order valence-corrected chi connectivity index (χ3v) is 6.87. The number of esters is 1. The first-order valence-corrected chi connectivity index (χ1v) is 12.4. The normalized spacial score (nSPS) is 17.5. The first-order valence-electron chi connectivity index (χ1n) is 12.0. The minimum Gasteiger partial charge on any atom is -0.483 e. The molecule has 0 radical (unpaired) electrons. The predicted molar refractivity (Wildman–Crippen MR) is 126 cm³/mol. The molecule has 0 atom stereocenters. The molecule has 2 amide bonds. The van der Waals surface area contributed by atoms with Crippen LogP contribution in [0.3, 0.4) is 0 Å². The van der Waals surface area contributed by atoms with Crippen LogP contribution in [-0.4, -0.2) is 67.5 Å². The summed E-state index contributed by atoms with van der Waals surface area (Å²) in [6.07, 6.45) is 7.02. The zero-order chi connectivity index (χ0) is 23.8. The lowest BCUT2D eigenvalue weighted by atomic mass is 9.84. The molecule has 1 aliphatic carbocycles. The van der Waals surface area contributed by atoms with E-state index >= 15 is 0 Å². The molecule has 0 aromatic heterocycles. The van der Waals surface area contributed by atoms with Crippen molar-refractivity contribution in [3.05, 3.63) is 28.8 Å². The topological polar surface area (TPSA) is 76.2 Å². The summed E-state index contributed by atoms with van der Waals surface area (Å²) >= 11 is 6.22. The third kappa shape index (κ3) is 7.10. The van der Waals surface area contributed by atoms with Crippen molar-refractivity contribution in [3.8, 4) is 5.75 Å². The number of likely N-dealkylation sites (tertiary alicyclic amines) is 1. The average molecular weight is 479 g/mol. The van der Waals surface area contributed by atoms with Crippen molar-refractivity contribution in [1.29, 1.82) is 0 Å². The Bertz CT molecular complexity index is 832. The van der Waals surface area contributed by atoms with Gasteiger partial charge in [0.2, 0.25) is 5.91 Å². The van der Waals surface area contributed by atoms with E-state index in [1.807, 2.05) is 12.1 Å². The summed E-state index contributed by atoms with van der Waals surface area (Å²) in [6, 6.07) is 5.56.